The number of Topliss-reactive ketones (excluding diaryl/α,β-unsaturated/α-hetero) is 1. The number of hydrogen-bond donors (Lipinski definition) is 5. The number of carbonyl (C=O) groups is 2. The number of epoxide rings is 1. The van der Waals surface area contributed by atoms with Crippen molar-refractivity contribution in [2.24, 2.45) is 28.6 Å². The van der Waals surface area contributed by atoms with Gasteiger partial charge in [-0.3, -0.25) is 4.79 Å². The molecule has 3 heterocycles. The van der Waals surface area contributed by atoms with Crippen LogP contribution in [0.25, 0.3) is 0 Å². The zero-order valence-corrected chi connectivity index (χ0v) is 22.9. The summed E-state index contributed by atoms with van der Waals surface area (Å²) in [4.78, 5) is 26.0. The molecule has 7 rings (SSSR count). The van der Waals surface area contributed by atoms with Gasteiger partial charge in [0, 0.05) is 18.4 Å². The summed E-state index contributed by atoms with van der Waals surface area (Å²) in [5.74, 6) is -1.77. The molecule has 11 heteroatoms. The van der Waals surface area contributed by atoms with E-state index in [-0.39, 0.29) is 36.9 Å². The molecule has 3 unspecified atom stereocenters. The van der Waals surface area contributed by atoms with E-state index in [4.69, 9.17) is 18.9 Å². The summed E-state index contributed by atoms with van der Waals surface area (Å²) in [7, 11) is 0. The maximum Gasteiger partial charge on any atom is 0.331 e. The Kier molecular flexibility index (Phi) is 6.02. The van der Waals surface area contributed by atoms with Crippen LogP contribution in [0, 0.1) is 28.6 Å². The van der Waals surface area contributed by atoms with Gasteiger partial charge in [-0.05, 0) is 68.3 Å². The molecule has 7 aliphatic rings. The number of aliphatic hydroxyl groups excluding tert-OH is 4. The van der Waals surface area contributed by atoms with E-state index in [1.54, 1.807) is 6.92 Å². The Labute approximate surface area is 232 Å². The van der Waals surface area contributed by atoms with Crippen LogP contribution in [0.4, 0.5) is 0 Å². The smallest absolute Gasteiger partial charge is 0.331 e. The number of ketones is 1. The molecule has 40 heavy (non-hydrogen) atoms. The second kappa shape index (κ2) is 8.79. The third kappa shape index (κ3) is 3.29. The van der Waals surface area contributed by atoms with Crippen LogP contribution in [-0.4, -0.2) is 105 Å². The van der Waals surface area contributed by atoms with Gasteiger partial charge >= 0.3 is 5.97 Å². The van der Waals surface area contributed by atoms with Crippen molar-refractivity contribution < 1.29 is 54.1 Å². The Morgan fingerprint density at radius 2 is 1.85 bits per heavy atom. The highest BCUT2D eigenvalue weighted by molar-refractivity contribution is 5.94. The van der Waals surface area contributed by atoms with Crippen LogP contribution >= 0.6 is 0 Å². The highest BCUT2D eigenvalue weighted by atomic mass is 16.7. The number of esters is 1. The Balaban J connectivity index is 1.14. The summed E-state index contributed by atoms with van der Waals surface area (Å²) < 4.78 is 23.5. The largest absolute Gasteiger partial charge is 0.458 e. The third-order valence-electron chi connectivity index (χ3n) is 12.2. The van der Waals surface area contributed by atoms with Crippen molar-refractivity contribution in [2.75, 3.05) is 13.2 Å². The van der Waals surface area contributed by atoms with Crippen molar-refractivity contribution in [2.45, 2.75) is 113 Å². The molecule has 0 radical (unpaired) electrons. The van der Waals surface area contributed by atoms with Gasteiger partial charge in [-0.2, -0.15) is 0 Å². The fraction of sp³-hybridized carbons (Fsp3) is 0.862. The minimum Gasteiger partial charge on any atom is -0.458 e. The molecule has 0 aromatic rings. The van der Waals surface area contributed by atoms with E-state index in [9.17, 15) is 35.1 Å². The molecule has 6 fully saturated rings. The van der Waals surface area contributed by atoms with E-state index >= 15 is 0 Å². The lowest BCUT2D eigenvalue weighted by Gasteiger charge is -2.62. The van der Waals surface area contributed by atoms with Gasteiger partial charge in [-0.1, -0.05) is 6.92 Å². The van der Waals surface area contributed by atoms with Crippen LogP contribution in [0.2, 0.25) is 0 Å². The van der Waals surface area contributed by atoms with Crippen LogP contribution in [-0.2, 0) is 28.5 Å². The lowest BCUT2D eigenvalue weighted by Crippen LogP contribution is -2.75. The van der Waals surface area contributed by atoms with Gasteiger partial charge in [-0.15, -0.1) is 0 Å². The monoisotopic (exact) mass is 564 g/mol. The number of carbonyl (C=O) groups excluding carboxylic acids is 2. The van der Waals surface area contributed by atoms with Crippen molar-refractivity contribution in [1.29, 1.82) is 0 Å². The summed E-state index contributed by atoms with van der Waals surface area (Å²) >= 11 is 0. The van der Waals surface area contributed by atoms with Crippen LogP contribution in [0.3, 0.4) is 0 Å². The Morgan fingerprint density at radius 1 is 1.07 bits per heavy atom. The number of aliphatic hydroxyl groups is 5. The third-order valence-corrected chi connectivity index (χ3v) is 12.2. The quantitative estimate of drug-likeness (QED) is 0.173. The summed E-state index contributed by atoms with van der Waals surface area (Å²) in [5.41, 5.74) is -3.60. The first-order valence-corrected chi connectivity index (χ1v) is 14.7. The van der Waals surface area contributed by atoms with E-state index in [2.05, 4.69) is 6.92 Å². The minimum absolute atomic E-state index is 0.0563. The highest BCUT2D eigenvalue weighted by Gasteiger charge is 2.88. The topological polar surface area (TPSA) is 176 Å². The molecular formula is C29H40O11. The molecule has 3 aliphatic heterocycles. The molecular weight excluding hydrogens is 524 g/mol. The Morgan fingerprint density at radius 3 is 2.55 bits per heavy atom. The second-order valence-electron chi connectivity index (χ2n) is 13.7. The van der Waals surface area contributed by atoms with Gasteiger partial charge in [-0.25, -0.2) is 4.79 Å². The van der Waals surface area contributed by atoms with Gasteiger partial charge in [0.25, 0.3) is 0 Å². The normalized spacial score (nSPS) is 56.9. The number of rotatable bonds is 4. The van der Waals surface area contributed by atoms with Gasteiger partial charge in [0.2, 0.25) is 0 Å². The standard InChI is InChI=1S/C29H40O11/c1-26-5-3-15(38-21-10-17(31)22(33)18(11-30)39-21)8-14(26)9-19-29(40-19)24(26)23(34)25(35)27(2)16(4-6-28(27,29)36)13-7-20(32)37-12-13/h7,14-19,21-24,30-31,33-34,36H,3-6,8-12H2,1-2H3/t14-,15-,16+,17+,18+,19?,21-,22-,23+,24+,26-,27-,28?,29?/m0/s1. The highest BCUT2D eigenvalue weighted by Crippen LogP contribution is 2.76. The summed E-state index contributed by atoms with van der Waals surface area (Å²) in [6, 6.07) is 0. The molecule has 5 N–H and O–H groups in total. The van der Waals surface area contributed by atoms with Crippen molar-refractivity contribution in [1.82, 2.24) is 0 Å². The molecule has 0 aromatic carbocycles. The van der Waals surface area contributed by atoms with E-state index in [0.717, 1.165) is 0 Å². The first kappa shape index (κ1) is 27.4. The van der Waals surface area contributed by atoms with Crippen LogP contribution in [0.5, 0.6) is 0 Å². The first-order chi connectivity index (χ1) is 18.9. The summed E-state index contributed by atoms with van der Waals surface area (Å²) in [6.07, 6.45) is -0.810. The van der Waals surface area contributed by atoms with Gasteiger partial charge < -0.3 is 44.5 Å². The average molecular weight is 565 g/mol. The zero-order chi connectivity index (χ0) is 28.4. The Bertz CT molecular complexity index is 1140. The maximum absolute atomic E-state index is 14.1. The van der Waals surface area contributed by atoms with Crippen molar-refractivity contribution in [3.8, 4) is 0 Å². The number of hydrogen-bond acceptors (Lipinski definition) is 11. The fourth-order valence-electron chi connectivity index (χ4n) is 10.1. The molecule has 2 saturated heterocycles. The van der Waals surface area contributed by atoms with Crippen LogP contribution < -0.4 is 0 Å². The minimum atomic E-state index is -1.48. The van der Waals surface area contributed by atoms with Gasteiger partial charge in [0.05, 0.1) is 30.3 Å². The molecule has 1 spiro atoms. The van der Waals surface area contributed by atoms with Gasteiger partial charge in [0.1, 0.15) is 36.1 Å². The van der Waals surface area contributed by atoms with Crippen LogP contribution in [0.15, 0.2) is 11.6 Å². The Hall–Kier alpha value is -1.44. The average Bonchev–Trinajstić information content (AvgIpc) is 3.36. The van der Waals surface area contributed by atoms with Gasteiger partial charge in [0.15, 0.2) is 12.1 Å². The van der Waals surface area contributed by atoms with Crippen molar-refractivity contribution >= 4 is 11.8 Å². The predicted octanol–water partition coefficient (Wildman–Crippen LogP) is -0.261. The number of ether oxygens (including phenoxy) is 4. The summed E-state index contributed by atoms with van der Waals surface area (Å²) in [5, 5.41) is 54.0. The zero-order valence-electron chi connectivity index (χ0n) is 22.9. The maximum atomic E-state index is 14.1. The van der Waals surface area contributed by atoms with Crippen molar-refractivity contribution in [3.05, 3.63) is 11.6 Å². The van der Waals surface area contributed by atoms with Crippen LogP contribution in [0.1, 0.15) is 58.8 Å². The number of cyclic esters (lactones) is 1. The molecule has 0 bridgehead atoms. The number of fused-ring (bicyclic) bond motifs is 3. The fourth-order valence-corrected chi connectivity index (χ4v) is 10.1. The lowest BCUT2D eigenvalue weighted by atomic mass is 9.41. The second-order valence-corrected chi connectivity index (χ2v) is 13.7. The van der Waals surface area contributed by atoms with E-state index in [1.807, 2.05) is 0 Å². The predicted molar refractivity (Wildman–Crippen MR) is 134 cm³/mol. The molecule has 0 amide bonds. The van der Waals surface area contributed by atoms with Crippen molar-refractivity contribution in [3.63, 3.8) is 0 Å². The molecule has 4 aliphatic carbocycles. The SMILES string of the molecule is C[C@]12CC[C@H](O[C@@H]3C[C@@H](O)[C@H](O)[C@@H](CO)O3)C[C@H]1CC1OC13[C@@H]2[C@@H](O)C(=O)[C@]1(C)[C@@H](C2=CC(=O)OC2)CCC31O. The molecule has 222 valence electrons. The molecule has 14 atom stereocenters. The molecule has 0 aromatic heterocycles. The van der Waals surface area contributed by atoms with E-state index in [0.29, 0.717) is 44.1 Å². The van der Waals surface area contributed by atoms with E-state index in [1.165, 1.54) is 6.08 Å². The summed E-state index contributed by atoms with van der Waals surface area (Å²) in [6.45, 7) is 3.50. The molecule has 4 saturated carbocycles. The lowest BCUT2D eigenvalue weighted by molar-refractivity contribution is -0.278. The molecule has 11 nitrogen and oxygen atoms in total. The van der Waals surface area contributed by atoms with E-state index < -0.39 is 77.1 Å². The first-order valence-electron chi connectivity index (χ1n) is 14.7.